The van der Waals surface area contributed by atoms with E-state index in [4.69, 9.17) is 14.3 Å². The molecule has 0 aliphatic heterocycles. The monoisotopic (exact) mass is 218 g/mol. The van der Waals surface area contributed by atoms with Crippen LogP contribution in [-0.2, 0) is 9.47 Å². The van der Waals surface area contributed by atoms with Crippen LogP contribution in [0.4, 0.5) is 0 Å². The molecule has 0 aromatic rings. The van der Waals surface area contributed by atoms with Crippen LogP contribution in [0.2, 0.25) is 0 Å². The number of rotatable bonds is 3. The van der Waals surface area contributed by atoms with E-state index in [1.54, 1.807) is 5.70 Å². The van der Waals surface area contributed by atoms with Crippen molar-refractivity contribution in [2.24, 2.45) is 0 Å². The van der Waals surface area contributed by atoms with Crippen LogP contribution in [0.5, 0.6) is 0 Å². The molecule has 0 fully saturated rings. The number of ether oxygens (including phenoxy) is 2. The molecule has 0 aliphatic carbocycles. The fourth-order valence-corrected chi connectivity index (χ4v) is 1.10. The molecule has 0 saturated heterocycles. The summed E-state index contributed by atoms with van der Waals surface area (Å²) in [6.45, 7) is 11.7. The summed E-state index contributed by atoms with van der Waals surface area (Å²) in [5.41, 5.74) is 1.08. The van der Waals surface area contributed by atoms with Crippen molar-refractivity contribution in [1.29, 1.82) is 0 Å². The summed E-state index contributed by atoms with van der Waals surface area (Å²) in [5.74, 6) is 0.444. The lowest BCUT2D eigenvalue weighted by molar-refractivity contribution is -0.0910. The van der Waals surface area contributed by atoms with Gasteiger partial charge < -0.3 is 14.3 Å². The van der Waals surface area contributed by atoms with Crippen LogP contribution in [0.25, 0.3) is 0 Å². The fraction of sp³-hybridized carbons (Fsp3) is 0.800. The molecule has 0 heterocycles. The van der Waals surface area contributed by atoms with Crippen molar-refractivity contribution >= 4 is 9.76 Å². The van der Waals surface area contributed by atoms with E-state index in [1.807, 2.05) is 41.5 Å². The molecule has 4 heteroatoms. The van der Waals surface area contributed by atoms with E-state index in [0.717, 1.165) is 0 Å². The largest absolute Gasteiger partial charge is 0.460 e. The van der Waals surface area contributed by atoms with Crippen LogP contribution in [0.15, 0.2) is 11.6 Å². The first kappa shape index (κ1) is 13.5. The molecule has 0 rings (SSSR count). The smallest absolute Gasteiger partial charge is 0.273 e. The van der Waals surface area contributed by atoms with Gasteiger partial charge in [-0.2, -0.15) is 0 Å². The topological polar surface area (TPSA) is 38.7 Å². The van der Waals surface area contributed by atoms with E-state index in [-0.39, 0.29) is 11.2 Å². The molecule has 0 aliphatic rings. The Morgan fingerprint density at radius 2 is 1.36 bits per heavy atom. The predicted octanol–water partition coefficient (Wildman–Crippen LogP) is 1.49. The van der Waals surface area contributed by atoms with Gasteiger partial charge in [-0.3, -0.25) is 0 Å². The van der Waals surface area contributed by atoms with Crippen molar-refractivity contribution in [3.63, 3.8) is 0 Å². The zero-order valence-electron chi connectivity index (χ0n) is 10.0. The van der Waals surface area contributed by atoms with Gasteiger partial charge in [-0.1, -0.05) is 0 Å². The highest BCUT2D eigenvalue weighted by Crippen LogP contribution is 2.19. The van der Waals surface area contributed by atoms with Crippen LogP contribution >= 0.6 is 0 Å². The zero-order valence-corrected chi connectivity index (χ0v) is 11.5. The summed E-state index contributed by atoms with van der Waals surface area (Å²) in [4.78, 5) is 8.93. The molecule has 0 spiro atoms. The summed E-state index contributed by atoms with van der Waals surface area (Å²) in [7, 11) is -1.18. The van der Waals surface area contributed by atoms with E-state index in [2.05, 4.69) is 0 Å². The third kappa shape index (κ3) is 8.13. The minimum Gasteiger partial charge on any atom is -0.460 e. The molecule has 0 aromatic carbocycles. The first-order valence-electron chi connectivity index (χ1n) is 4.83. The minimum absolute atomic E-state index is 0.291. The molecule has 0 saturated carbocycles. The normalized spacial score (nSPS) is 13.1. The first-order chi connectivity index (χ1) is 6.14. The summed E-state index contributed by atoms with van der Waals surface area (Å²) >= 11 is 0. The Morgan fingerprint density at radius 3 is 1.57 bits per heavy atom. The van der Waals surface area contributed by atoms with Crippen LogP contribution in [0.1, 0.15) is 41.5 Å². The molecule has 0 unspecified atom stereocenters. The van der Waals surface area contributed by atoms with E-state index in [9.17, 15) is 0 Å². The number of hydrogen-bond donors (Lipinski definition) is 1. The standard InChI is InChI=1S/C10H22O3Si/c1-9(2,3)12-8(7-14-11)13-10(4,5)6/h7,11H,14H2,1-6H3. The molecule has 0 bridgehead atoms. The van der Waals surface area contributed by atoms with Gasteiger partial charge in [0.15, 0.2) is 9.76 Å². The Morgan fingerprint density at radius 1 is 1.00 bits per heavy atom. The predicted molar refractivity (Wildman–Crippen MR) is 60.5 cm³/mol. The molecule has 1 N–H and O–H groups in total. The van der Waals surface area contributed by atoms with Crippen molar-refractivity contribution in [1.82, 2.24) is 0 Å². The molecule has 0 amide bonds. The van der Waals surface area contributed by atoms with Gasteiger partial charge in [0.2, 0.25) is 0 Å². The van der Waals surface area contributed by atoms with Crippen molar-refractivity contribution in [3.05, 3.63) is 11.6 Å². The van der Waals surface area contributed by atoms with Crippen LogP contribution < -0.4 is 0 Å². The third-order valence-electron chi connectivity index (χ3n) is 1.07. The SMILES string of the molecule is CC(C)(C)OC(=C[SiH2]O)OC(C)(C)C. The maximum absolute atomic E-state index is 8.93. The summed E-state index contributed by atoms with van der Waals surface area (Å²) < 4.78 is 11.1. The molecular formula is C10H22O3Si. The molecule has 0 aromatic heterocycles. The van der Waals surface area contributed by atoms with E-state index >= 15 is 0 Å². The molecule has 0 atom stereocenters. The molecule has 3 nitrogen and oxygen atoms in total. The third-order valence-corrected chi connectivity index (χ3v) is 1.59. The minimum atomic E-state index is -1.18. The molecule has 84 valence electrons. The van der Waals surface area contributed by atoms with Gasteiger partial charge >= 0.3 is 0 Å². The van der Waals surface area contributed by atoms with Gasteiger partial charge in [0.1, 0.15) is 11.2 Å². The van der Waals surface area contributed by atoms with Crippen LogP contribution in [0.3, 0.4) is 0 Å². The highest BCUT2D eigenvalue weighted by molar-refractivity contribution is 6.32. The van der Waals surface area contributed by atoms with Gasteiger partial charge in [0.25, 0.3) is 5.95 Å². The van der Waals surface area contributed by atoms with Crippen LogP contribution in [-0.4, -0.2) is 25.8 Å². The highest BCUT2D eigenvalue weighted by atomic mass is 28.2. The maximum Gasteiger partial charge on any atom is 0.273 e. The molecule has 14 heavy (non-hydrogen) atoms. The number of hydrogen-bond acceptors (Lipinski definition) is 3. The van der Waals surface area contributed by atoms with E-state index in [0.29, 0.717) is 5.95 Å². The lowest BCUT2D eigenvalue weighted by atomic mass is 10.2. The van der Waals surface area contributed by atoms with E-state index in [1.165, 1.54) is 0 Å². The Bertz CT molecular complexity index is 180. The second kappa shape index (κ2) is 4.84. The van der Waals surface area contributed by atoms with Gasteiger partial charge in [0.05, 0.1) is 0 Å². The summed E-state index contributed by atoms with van der Waals surface area (Å²) in [5, 5.41) is 0. The summed E-state index contributed by atoms with van der Waals surface area (Å²) in [6.07, 6.45) is 0. The second-order valence-corrected chi connectivity index (χ2v) is 5.91. The van der Waals surface area contributed by atoms with Crippen LogP contribution in [0, 0.1) is 0 Å². The fourth-order valence-electron chi connectivity index (χ4n) is 0.782. The lowest BCUT2D eigenvalue weighted by Gasteiger charge is -2.28. The Kier molecular flexibility index (Phi) is 4.67. The van der Waals surface area contributed by atoms with E-state index < -0.39 is 9.76 Å². The quantitative estimate of drug-likeness (QED) is 0.576. The average molecular weight is 218 g/mol. The lowest BCUT2D eigenvalue weighted by Crippen LogP contribution is -2.26. The molecule has 0 radical (unpaired) electrons. The average Bonchev–Trinajstić information content (AvgIpc) is 1.78. The van der Waals surface area contributed by atoms with Crippen molar-refractivity contribution in [2.75, 3.05) is 0 Å². The zero-order chi connectivity index (χ0) is 11.4. The summed E-state index contributed by atoms with van der Waals surface area (Å²) in [6, 6.07) is 0. The van der Waals surface area contributed by atoms with Gasteiger partial charge in [-0.25, -0.2) is 0 Å². The molecular weight excluding hydrogens is 196 g/mol. The highest BCUT2D eigenvalue weighted by Gasteiger charge is 2.19. The Balaban J connectivity index is 4.41. The van der Waals surface area contributed by atoms with Crippen molar-refractivity contribution in [2.45, 2.75) is 52.7 Å². The Labute approximate surface area is 89.1 Å². The van der Waals surface area contributed by atoms with Crippen molar-refractivity contribution < 1.29 is 14.3 Å². The van der Waals surface area contributed by atoms with Gasteiger partial charge in [-0.15, -0.1) is 0 Å². The maximum atomic E-state index is 8.93. The van der Waals surface area contributed by atoms with Gasteiger partial charge in [-0.05, 0) is 41.5 Å². The van der Waals surface area contributed by atoms with Crippen molar-refractivity contribution in [3.8, 4) is 0 Å². The first-order valence-corrected chi connectivity index (χ1v) is 6.28. The second-order valence-electron chi connectivity index (χ2n) is 5.13. The Hall–Kier alpha value is -0.483. The van der Waals surface area contributed by atoms with Gasteiger partial charge in [0, 0.05) is 5.70 Å².